The van der Waals surface area contributed by atoms with Gasteiger partial charge in [-0.25, -0.2) is 0 Å². The molecule has 1 atom stereocenters. The van der Waals surface area contributed by atoms with Crippen molar-refractivity contribution in [1.82, 2.24) is 0 Å². The molecule has 0 spiro atoms. The Morgan fingerprint density at radius 2 is 2.21 bits per heavy atom. The van der Waals surface area contributed by atoms with E-state index < -0.39 is 0 Å². The van der Waals surface area contributed by atoms with E-state index >= 15 is 0 Å². The summed E-state index contributed by atoms with van der Waals surface area (Å²) in [6.07, 6.45) is 7.49. The van der Waals surface area contributed by atoms with Crippen molar-refractivity contribution >= 4 is 0 Å². The second-order valence-corrected chi connectivity index (χ2v) is 5.52. The number of allylic oxidation sites excluding steroid dienone is 3. The summed E-state index contributed by atoms with van der Waals surface area (Å²) < 4.78 is 0. The third kappa shape index (κ3) is 2.73. The number of rotatable bonds is 3. The van der Waals surface area contributed by atoms with Crippen molar-refractivity contribution in [1.29, 1.82) is 0 Å². The molecular formula is C14H24. The minimum atomic E-state index is 0.494. The van der Waals surface area contributed by atoms with Gasteiger partial charge < -0.3 is 0 Å². The van der Waals surface area contributed by atoms with Gasteiger partial charge in [-0.1, -0.05) is 31.1 Å². The van der Waals surface area contributed by atoms with Gasteiger partial charge >= 0.3 is 0 Å². The summed E-state index contributed by atoms with van der Waals surface area (Å²) in [5.41, 5.74) is 3.41. The van der Waals surface area contributed by atoms with E-state index in [4.69, 9.17) is 0 Å². The van der Waals surface area contributed by atoms with E-state index in [0.717, 1.165) is 5.92 Å². The van der Waals surface area contributed by atoms with Crippen molar-refractivity contribution in [2.24, 2.45) is 11.3 Å². The van der Waals surface area contributed by atoms with E-state index in [2.05, 4.69) is 40.3 Å². The highest BCUT2D eigenvalue weighted by Crippen LogP contribution is 2.43. The summed E-state index contributed by atoms with van der Waals surface area (Å²) in [5.74, 6) is 0.771. The van der Waals surface area contributed by atoms with Crippen molar-refractivity contribution in [3.63, 3.8) is 0 Å². The van der Waals surface area contributed by atoms with E-state index in [-0.39, 0.29) is 0 Å². The Kier molecular flexibility index (Phi) is 3.58. The van der Waals surface area contributed by atoms with Crippen LogP contribution in [0.4, 0.5) is 0 Å². The number of hydrogen-bond acceptors (Lipinski definition) is 0. The molecule has 0 radical (unpaired) electrons. The molecule has 1 aliphatic rings. The van der Waals surface area contributed by atoms with Gasteiger partial charge in [0.2, 0.25) is 0 Å². The first-order valence-electron chi connectivity index (χ1n) is 5.74. The molecule has 0 N–H and O–H groups in total. The molecule has 14 heavy (non-hydrogen) atoms. The van der Waals surface area contributed by atoms with Gasteiger partial charge in [-0.15, -0.1) is 6.58 Å². The monoisotopic (exact) mass is 192 g/mol. The average Bonchev–Trinajstić information content (AvgIpc) is 2.01. The van der Waals surface area contributed by atoms with Crippen LogP contribution >= 0.6 is 0 Å². The molecule has 0 bridgehead atoms. The highest BCUT2D eigenvalue weighted by Gasteiger charge is 2.31. The molecule has 0 nitrogen and oxygen atoms in total. The van der Waals surface area contributed by atoms with E-state index in [1.165, 1.54) is 31.3 Å². The maximum atomic E-state index is 3.99. The fourth-order valence-electron chi connectivity index (χ4n) is 2.61. The summed E-state index contributed by atoms with van der Waals surface area (Å²) in [6, 6.07) is 0. The zero-order valence-corrected chi connectivity index (χ0v) is 10.2. The minimum Gasteiger partial charge on any atom is -0.100 e. The summed E-state index contributed by atoms with van der Waals surface area (Å²) in [5, 5.41) is 0. The van der Waals surface area contributed by atoms with Gasteiger partial charge in [0.05, 0.1) is 0 Å². The average molecular weight is 192 g/mol. The van der Waals surface area contributed by atoms with Crippen LogP contribution in [0, 0.1) is 11.3 Å². The van der Waals surface area contributed by atoms with E-state index in [9.17, 15) is 0 Å². The van der Waals surface area contributed by atoms with Crippen molar-refractivity contribution in [3.8, 4) is 0 Å². The van der Waals surface area contributed by atoms with Crippen LogP contribution in [-0.2, 0) is 0 Å². The molecule has 0 aromatic rings. The Balaban J connectivity index is 2.66. The van der Waals surface area contributed by atoms with Crippen molar-refractivity contribution in [2.45, 2.75) is 53.4 Å². The zero-order chi connectivity index (χ0) is 10.8. The lowest BCUT2D eigenvalue weighted by Crippen LogP contribution is -2.27. The van der Waals surface area contributed by atoms with Gasteiger partial charge in [0.15, 0.2) is 0 Å². The van der Waals surface area contributed by atoms with Crippen molar-refractivity contribution in [2.75, 3.05) is 0 Å². The SMILES string of the molecule is C=C(C)CCC1C(C)=CCCC1(C)C. The molecule has 1 rings (SSSR count). The van der Waals surface area contributed by atoms with Crippen LogP contribution in [0.5, 0.6) is 0 Å². The molecule has 0 saturated heterocycles. The smallest absolute Gasteiger partial charge is 0.0151 e. The van der Waals surface area contributed by atoms with E-state index in [1.54, 1.807) is 5.57 Å². The van der Waals surface area contributed by atoms with Crippen LogP contribution in [0.2, 0.25) is 0 Å². The van der Waals surface area contributed by atoms with Gasteiger partial charge in [0, 0.05) is 0 Å². The second-order valence-electron chi connectivity index (χ2n) is 5.52. The quantitative estimate of drug-likeness (QED) is 0.567. The van der Waals surface area contributed by atoms with Crippen LogP contribution in [0.15, 0.2) is 23.8 Å². The Hall–Kier alpha value is -0.520. The standard InChI is InChI=1S/C14H24/c1-11(2)8-9-13-12(3)7-6-10-14(13,4)5/h7,13H,1,6,8-10H2,2-5H3. The predicted molar refractivity (Wildman–Crippen MR) is 64.3 cm³/mol. The topological polar surface area (TPSA) is 0 Å². The predicted octanol–water partition coefficient (Wildman–Crippen LogP) is 4.73. The van der Waals surface area contributed by atoms with Crippen LogP contribution < -0.4 is 0 Å². The van der Waals surface area contributed by atoms with Gasteiger partial charge in [-0.2, -0.15) is 0 Å². The highest BCUT2D eigenvalue weighted by atomic mass is 14.4. The molecular weight excluding hydrogens is 168 g/mol. The summed E-state index contributed by atoms with van der Waals surface area (Å²) in [7, 11) is 0. The lowest BCUT2D eigenvalue weighted by molar-refractivity contribution is 0.204. The zero-order valence-electron chi connectivity index (χ0n) is 10.2. The molecule has 80 valence electrons. The first kappa shape index (κ1) is 11.6. The van der Waals surface area contributed by atoms with Gasteiger partial charge in [-0.3, -0.25) is 0 Å². The molecule has 1 aliphatic carbocycles. The Morgan fingerprint density at radius 1 is 1.57 bits per heavy atom. The second kappa shape index (κ2) is 4.33. The molecule has 0 aliphatic heterocycles. The molecule has 0 saturated carbocycles. The van der Waals surface area contributed by atoms with Gasteiger partial charge in [0.25, 0.3) is 0 Å². The molecule has 0 heteroatoms. The van der Waals surface area contributed by atoms with Crippen molar-refractivity contribution < 1.29 is 0 Å². The Bertz CT molecular complexity index is 243. The van der Waals surface area contributed by atoms with Crippen molar-refractivity contribution in [3.05, 3.63) is 23.8 Å². The van der Waals surface area contributed by atoms with Crippen LogP contribution in [0.3, 0.4) is 0 Å². The van der Waals surface area contributed by atoms with Crippen LogP contribution in [0.1, 0.15) is 53.4 Å². The minimum absolute atomic E-state index is 0.494. The van der Waals surface area contributed by atoms with Gasteiger partial charge in [-0.05, 0) is 50.9 Å². The first-order chi connectivity index (χ1) is 6.43. The Labute approximate surface area is 89.1 Å². The largest absolute Gasteiger partial charge is 0.100 e. The van der Waals surface area contributed by atoms with E-state index in [0.29, 0.717) is 5.41 Å². The fraction of sp³-hybridized carbons (Fsp3) is 0.714. The molecule has 0 aromatic carbocycles. The van der Waals surface area contributed by atoms with Crippen LogP contribution in [0.25, 0.3) is 0 Å². The lowest BCUT2D eigenvalue weighted by atomic mass is 9.67. The number of hydrogen-bond donors (Lipinski definition) is 0. The normalized spacial score (nSPS) is 25.7. The van der Waals surface area contributed by atoms with Crippen LogP contribution in [-0.4, -0.2) is 0 Å². The van der Waals surface area contributed by atoms with Gasteiger partial charge in [0.1, 0.15) is 0 Å². The summed E-state index contributed by atoms with van der Waals surface area (Å²) >= 11 is 0. The maximum Gasteiger partial charge on any atom is -0.0151 e. The first-order valence-corrected chi connectivity index (χ1v) is 5.74. The highest BCUT2D eigenvalue weighted by molar-refractivity contribution is 5.12. The molecule has 0 amide bonds. The fourth-order valence-corrected chi connectivity index (χ4v) is 2.61. The maximum absolute atomic E-state index is 3.99. The molecule has 0 fully saturated rings. The third-order valence-corrected chi connectivity index (χ3v) is 3.61. The lowest BCUT2D eigenvalue weighted by Gasteiger charge is -2.38. The molecule has 0 aromatic heterocycles. The Morgan fingerprint density at radius 3 is 2.71 bits per heavy atom. The van der Waals surface area contributed by atoms with E-state index in [1.807, 2.05) is 0 Å². The summed E-state index contributed by atoms with van der Waals surface area (Å²) in [4.78, 5) is 0. The third-order valence-electron chi connectivity index (χ3n) is 3.61. The molecule has 1 unspecified atom stereocenters. The summed E-state index contributed by atoms with van der Waals surface area (Å²) in [6.45, 7) is 13.2. The molecule has 0 heterocycles.